The van der Waals surface area contributed by atoms with Crippen LogP contribution in [0.5, 0.6) is 5.75 Å². The van der Waals surface area contributed by atoms with Crippen LogP contribution in [0, 0.1) is 0 Å². The van der Waals surface area contributed by atoms with E-state index in [4.69, 9.17) is 14.5 Å². The van der Waals surface area contributed by atoms with Gasteiger partial charge in [0.25, 0.3) is 0 Å². The van der Waals surface area contributed by atoms with E-state index in [1.54, 1.807) is 30.3 Å². The van der Waals surface area contributed by atoms with Crippen LogP contribution >= 0.6 is 11.3 Å². The summed E-state index contributed by atoms with van der Waals surface area (Å²) < 4.78 is 11.6. The Kier molecular flexibility index (Phi) is 7.22. The summed E-state index contributed by atoms with van der Waals surface area (Å²) in [5.74, 6) is 0.895. The van der Waals surface area contributed by atoms with Gasteiger partial charge >= 0.3 is 0 Å². The highest BCUT2D eigenvalue weighted by Crippen LogP contribution is 2.42. The SMILES string of the molecule is COc1cccc2c1CCc1sc(N(CCOC(C)CCc3ccccc3)C(C)=O)nc1-2. The molecule has 5 nitrogen and oxygen atoms in total. The number of aryl methyl sites for hydroxylation is 2. The number of rotatable bonds is 9. The summed E-state index contributed by atoms with van der Waals surface area (Å²) in [6.45, 7) is 4.68. The summed E-state index contributed by atoms with van der Waals surface area (Å²) in [5.41, 5.74) is 4.61. The standard InChI is InChI=1S/C26H30N2O3S/c1-18(12-13-20-8-5-4-6-9-20)31-17-16-28(19(2)29)26-27-25-22-10-7-11-23(30-3)21(22)14-15-24(25)32-26/h4-11,18H,12-17H2,1-3H3. The van der Waals surface area contributed by atoms with E-state index in [-0.39, 0.29) is 12.0 Å². The lowest BCUT2D eigenvalue weighted by atomic mass is 9.93. The molecule has 2 aromatic carbocycles. The first-order chi connectivity index (χ1) is 15.6. The van der Waals surface area contributed by atoms with Gasteiger partial charge in [-0.15, -0.1) is 11.3 Å². The highest BCUT2D eigenvalue weighted by atomic mass is 32.1. The number of thiazole rings is 1. The highest BCUT2D eigenvalue weighted by molar-refractivity contribution is 7.16. The lowest BCUT2D eigenvalue weighted by Crippen LogP contribution is -2.32. The lowest BCUT2D eigenvalue weighted by molar-refractivity contribution is -0.116. The number of hydrogen-bond donors (Lipinski definition) is 0. The van der Waals surface area contributed by atoms with Crippen LogP contribution in [0.2, 0.25) is 0 Å². The molecule has 3 aromatic rings. The van der Waals surface area contributed by atoms with Crippen molar-refractivity contribution in [2.24, 2.45) is 0 Å². The second-order valence-electron chi connectivity index (χ2n) is 8.13. The van der Waals surface area contributed by atoms with Crippen LogP contribution in [-0.2, 0) is 28.8 Å². The maximum Gasteiger partial charge on any atom is 0.225 e. The van der Waals surface area contributed by atoms with Gasteiger partial charge in [0, 0.05) is 22.9 Å². The molecule has 0 bridgehead atoms. The predicted octanol–water partition coefficient (Wildman–Crippen LogP) is 5.31. The molecule has 32 heavy (non-hydrogen) atoms. The van der Waals surface area contributed by atoms with Crippen molar-refractivity contribution >= 4 is 22.4 Å². The fourth-order valence-corrected chi connectivity index (χ4v) is 5.28. The van der Waals surface area contributed by atoms with Gasteiger partial charge in [-0.1, -0.05) is 42.5 Å². The molecule has 1 atom stereocenters. The van der Waals surface area contributed by atoms with Crippen molar-refractivity contribution in [3.8, 4) is 17.0 Å². The number of carbonyl (C=O) groups is 1. The van der Waals surface area contributed by atoms with Crippen molar-refractivity contribution in [2.75, 3.05) is 25.2 Å². The van der Waals surface area contributed by atoms with Gasteiger partial charge in [-0.25, -0.2) is 4.98 Å². The van der Waals surface area contributed by atoms with Gasteiger partial charge in [0.1, 0.15) is 5.75 Å². The molecule has 0 saturated carbocycles. The van der Waals surface area contributed by atoms with E-state index in [9.17, 15) is 4.79 Å². The second kappa shape index (κ2) is 10.3. The minimum absolute atomic E-state index is 0.0116. The van der Waals surface area contributed by atoms with E-state index in [1.165, 1.54) is 16.0 Å². The van der Waals surface area contributed by atoms with Gasteiger partial charge in [0.05, 0.1) is 32.1 Å². The molecule has 1 unspecified atom stereocenters. The first-order valence-corrected chi connectivity index (χ1v) is 12.0. The third-order valence-corrected chi connectivity index (χ3v) is 7.04. The summed E-state index contributed by atoms with van der Waals surface area (Å²) >= 11 is 1.61. The van der Waals surface area contributed by atoms with E-state index >= 15 is 0 Å². The largest absolute Gasteiger partial charge is 0.496 e. The molecule has 6 heteroatoms. The molecular formula is C26H30N2O3S. The minimum atomic E-state index is -0.0116. The van der Waals surface area contributed by atoms with Gasteiger partial charge < -0.3 is 9.47 Å². The van der Waals surface area contributed by atoms with Gasteiger partial charge in [0.15, 0.2) is 5.13 Å². The Balaban J connectivity index is 1.40. The monoisotopic (exact) mass is 450 g/mol. The molecule has 1 aromatic heterocycles. The van der Waals surface area contributed by atoms with Crippen molar-refractivity contribution in [3.63, 3.8) is 0 Å². The molecule has 1 amide bonds. The van der Waals surface area contributed by atoms with Crippen LogP contribution in [0.1, 0.15) is 36.3 Å². The molecule has 0 radical (unpaired) electrons. The second-order valence-corrected chi connectivity index (χ2v) is 9.19. The maximum atomic E-state index is 12.4. The zero-order valence-electron chi connectivity index (χ0n) is 19.0. The third-order valence-electron chi connectivity index (χ3n) is 5.91. The van der Waals surface area contributed by atoms with E-state index in [0.29, 0.717) is 13.2 Å². The number of methoxy groups -OCH3 is 1. The van der Waals surface area contributed by atoms with Crippen molar-refractivity contribution < 1.29 is 14.3 Å². The highest BCUT2D eigenvalue weighted by Gasteiger charge is 2.26. The average molecular weight is 451 g/mol. The van der Waals surface area contributed by atoms with Crippen LogP contribution in [0.15, 0.2) is 48.5 Å². The minimum Gasteiger partial charge on any atom is -0.496 e. The number of nitrogens with zero attached hydrogens (tertiary/aromatic N) is 2. The van der Waals surface area contributed by atoms with Crippen LogP contribution in [-0.4, -0.2) is 37.3 Å². The Labute approximate surface area is 194 Å². The molecular weight excluding hydrogens is 420 g/mol. The summed E-state index contributed by atoms with van der Waals surface area (Å²) in [7, 11) is 1.70. The quantitative estimate of drug-likeness (QED) is 0.443. The van der Waals surface area contributed by atoms with Crippen molar-refractivity contribution in [3.05, 3.63) is 64.5 Å². The third kappa shape index (κ3) is 5.03. The first-order valence-electron chi connectivity index (χ1n) is 11.2. The summed E-state index contributed by atoms with van der Waals surface area (Å²) in [4.78, 5) is 20.3. The van der Waals surface area contributed by atoms with Gasteiger partial charge in [-0.2, -0.15) is 0 Å². The zero-order valence-corrected chi connectivity index (χ0v) is 19.8. The molecule has 1 aliphatic rings. The van der Waals surface area contributed by atoms with Gasteiger partial charge in [-0.3, -0.25) is 9.69 Å². The van der Waals surface area contributed by atoms with Crippen LogP contribution < -0.4 is 9.64 Å². The maximum absolute atomic E-state index is 12.4. The first kappa shape index (κ1) is 22.5. The normalized spacial score (nSPS) is 13.2. The molecule has 0 spiro atoms. The van der Waals surface area contributed by atoms with Gasteiger partial charge in [0.2, 0.25) is 5.91 Å². The molecule has 0 fully saturated rings. The molecule has 0 aliphatic heterocycles. The number of carbonyl (C=O) groups excluding carboxylic acids is 1. The summed E-state index contributed by atoms with van der Waals surface area (Å²) in [6.07, 6.45) is 3.91. The number of aromatic nitrogens is 1. The average Bonchev–Trinajstić information content (AvgIpc) is 3.24. The number of benzene rings is 2. The molecule has 0 N–H and O–H groups in total. The van der Waals surface area contributed by atoms with Crippen LogP contribution in [0.4, 0.5) is 5.13 Å². The Morgan fingerprint density at radius 1 is 1.16 bits per heavy atom. The summed E-state index contributed by atoms with van der Waals surface area (Å²) in [6, 6.07) is 16.5. The van der Waals surface area contributed by atoms with E-state index in [1.807, 2.05) is 18.2 Å². The van der Waals surface area contributed by atoms with E-state index < -0.39 is 0 Å². The van der Waals surface area contributed by atoms with Crippen molar-refractivity contribution in [1.29, 1.82) is 0 Å². The Morgan fingerprint density at radius 3 is 2.72 bits per heavy atom. The number of ether oxygens (including phenoxy) is 2. The Morgan fingerprint density at radius 2 is 1.97 bits per heavy atom. The fraction of sp³-hybridized carbons (Fsp3) is 0.385. The van der Waals surface area contributed by atoms with Crippen LogP contribution in [0.3, 0.4) is 0 Å². The van der Waals surface area contributed by atoms with Crippen molar-refractivity contribution in [2.45, 2.75) is 45.6 Å². The molecule has 168 valence electrons. The van der Waals surface area contributed by atoms with E-state index in [2.05, 4.69) is 37.3 Å². The topological polar surface area (TPSA) is 51.7 Å². The Bertz CT molecular complexity index is 1060. The number of anilines is 1. The lowest BCUT2D eigenvalue weighted by Gasteiger charge is -2.20. The van der Waals surface area contributed by atoms with E-state index in [0.717, 1.165) is 47.8 Å². The van der Waals surface area contributed by atoms with Crippen LogP contribution in [0.25, 0.3) is 11.3 Å². The number of amides is 1. The zero-order chi connectivity index (χ0) is 22.5. The molecule has 4 rings (SSSR count). The molecule has 1 aliphatic carbocycles. The van der Waals surface area contributed by atoms with Gasteiger partial charge in [-0.05, 0) is 44.2 Å². The number of fused-ring (bicyclic) bond motifs is 3. The smallest absolute Gasteiger partial charge is 0.225 e. The van der Waals surface area contributed by atoms with Crippen molar-refractivity contribution in [1.82, 2.24) is 4.98 Å². The number of hydrogen-bond acceptors (Lipinski definition) is 5. The molecule has 0 saturated heterocycles. The Hall–Kier alpha value is -2.70. The fourth-order valence-electron chi connectivity index (χ4n) is 4.14. The molecule has 1 heterocycles. The predicted molar refractivity (Wildman–Crippen MR) is 130 cm³/mol. The summed E-state index contributed by atoms with van der Waals surface area (Å²) in [5, 5.41) is 0.749.